The van der Waals surface area contributed by atoms with E-state index in [9.17, 15) is 27.2 Å². The molecule has 0 aromatic heterocycles. The van der Waals surface area contributed by atoms with Gasteiger partial charge in [0.05, 0.1) is 6.04 Å². The zero-order chi connectivity index (χ0) is 26.2. The predicted molar refractivity (Wildman–Crippen MR) is 118 cm³/mol. The molecule has 4 atom stereocenters. The average Bonchev–Trinajstić information content (AvgIpc) is 3.13. The number of benzene rings is 1. The van der Waals surface area contributed by atoms with Crippen LogP contribution in [0, 0.1) is 11.8 Å². The summed E-state index contributed by atoms with van der Waals surface area (Å²) in [5.41, 5.74) is 0. The summed E-state index contributed by atoms with van der Waals surface area (Å²) in [5.74, 6) is -0.155. The van der Waals surface area contributed by atoms with Gasteiger partial charge < -0.3 is 34.9 Å². The number of halogens is 4. The van der Waals surface area contributed by atoms with E-state index in [0.717, 1.165) is 12.8 Å². The number of rotatable bonds is 9. The van der Waals surface area contributed by atoms with Crippen molar-refractivity contribution in [2.24, 2.45) is 11.8 Å². The normalized spacial score (nSPS) is 31.4. The summed E-state index contributed by atoms with van der Waals surface area (Å²) >= 11 is 0. The van der Waals surface area contributed by atoms with E-state index in [4.69, 9.17) is 9.47 Å². The number of hydrogen-bond acceptors (Lipinski definition) is 8. The average molecular weight is 532 g/mol. The van der Waals surface area contributed by atoms with Gasteiger partial charge in [-0.25, -0.2) is 8.78 Å². The van der Waals surface area contributed by atoms with Crippen LogP contribution in [0.4, 0.5) is 17.6 Å². The number of nitrogens with one attached hydrogen (secondary N) is 4. The molecular formula is C23H28F4N4O6. The molecule has 6 rings (SSSR count). The van der Waals surface area contributed by atoms with Gasteiger partial charge in [0, 0.05) is 31.2 Å². The Kier molecular flexibility index (Phi) is 7.32. The van der Waals surface area contributed by atoms with Crippen molar-refractivity contribution in [3.8, 4) is 17.2 Å². The highest BCUT2D eigenvalue weighted by atomic mass is 19.3. The van der Waals surface area contributed by atoms with Crippen LogP contribution >= 0.6 is 0 Å². The Labute approximate surface area is 209 Å². The fourth-order valence-electron chi connectivity index (χ4n) is 5.18. The number of carbonyl (C=O) groups is 2. The second-order valence-corrected chi connectivity index (χ2v) is 9.70. The summed E-state index contributed by atoms with van der Waals surface area (Å²) < 4.78 is 71.3. The first kappa shape index (κ1) is 25.8. The molecule has 2 aliphatic heterocycles. The minimum Gasteiger partial charge on any atom is -0.484 e. The Morgan fingerprint density at radius 2 is 1.65 bits per heavy atom. The van der Waals surface area contributed by atoms with Gasteiger partial charge in [0.15, 0.2) is 18.1 Å². The van der Waals surface area contributed by atoms with Crippen molar-refractivity contribution in [3.05, 3.63) is 18.2 Å². The number of piperazine rings is 1. The van der Waals surface area contributed by atoms with Gasteiger partial charge in [-0.3, -0.25) is 14.9 Å². The number of fused-ring (bicyclic) bond motifs is 3. The Balaban J connectivity index is 1.03. The largest absolute Gasteiger partial charge is 0.586 e. The molecule has 5 aliphatic rings. The first-order chi connectivity index (χ1) is 17.6. The van der Waals surface area contributed by atoms with Gasteiger partial charge in [0.25, 0.3) is 12.3 Å². The van der Waals surface area contributed by atoms with E-state index in [1.165, 1.54) is 18.2 Å². The van der Waals surface area contributed by atoms with Gasteiger partial charge in [-0.2, -0.15) is 0 Å². The molecule has 10 nitrogen and oxygen atoms in total. The number of carbonyl (C=O) groups excluding carboxylic acids is 2. The Hall–Kier alpha value is -2.84. The van der Waals surface area contributed by atoms with Crippen molar-refractivity contribution in [1.82, 2.24) is 21.3 Å². The molecule has 204 valence electrons. The lowest BCUT2D eigenvalue weighted by Gasteiger charge is -2.51. The number of ether oxygens (including phenoxy) is 4. The van der Waals surface area contributed by atoms with Crippen molar-refractivity contribution < 1.29 is 46.1 Å². The van der Waals surface area contributed by atoms with Crippen LogP contribution in [-0.4, -0.2) is 75.2 Å². The van der Waals surface area contributed by atoms with Gasteiger partial charge in [-0.05, 0) is 43.2 Å². The lowest BCUT2D eigenvalue weighted by Crippen LogP contribution is -2.61. The zero-order valence-corrected chi connectivity index (χ0v) is 19.7. The molecule has 37 heavy (non-hydrogen) atoms. The monoisotopic (exact) mass is 532 g/mol. The van der Waals surface area contributed by atoms with Gasteiger partial charge in [-0.1, -0.05) is 0 Å². The zero-order valence-electron chi connectivity index (χ0n) is 19.7. The van der Waals surface area contributed by atoms with Crippen LogP contribution < -0.4 is 35.5 Å². The van der Waals surface area contributed by atoms with E-state index >= 15 is 0 Å². The molecule has 2 amide bonds. The first-order valence-electron chi connectivity index (χ1n) is 12.1. The van der Waals surface area contributed by atoms with Gasteiger partial charge in [0.2, 0.25) is 5.91 Å². The van der Waals surface area contributed by atoms with Gasteiger partial charge in [0.1, 0.15) is 18.6 Å². The number of hydrogen-bond donors (Lipinski definition) is 4. The Bertz CT molecular complexity index is 1000. The molecule has 2 bridgehead atoms. The van der Waals surface area contributed by atoms with E-state index in [-0.39, 0.29) is 67.4 Å². The number of amides is 2. The van der Waals surface area contributed by atoms with Crippen LogP contribution in [0.1, 0.15) is 19.3 Å². The summed E-state index contributed by atoms with van der Waals surface area (Å²) in [4.78, 5) is 24.9. The molecule has 1 aromatic carbocycles. The molecule has 1 aromatic rings. The molecule has 0 radical (unpaired) electrons. The SMILES string of the molecule is O=C(COc1ccc2c(c1)OC(F)(F)O2)NC1CC(NC(=O)COC2CNC(C(F)F)CN2)C2CC1C2. The van der Waals surface area contributed by atoms with Gasteiger partial charge in [-0.15, -0.1) is 8.78 Å². The fraction of sp³-hybridized carbons (Fsp3) is 0.652. The standard InChI is InChI=1S/C23H28F4N4O6/c24-22(25)16-7-29-21(8-28-16)35-10-20(33)31-15-6-14(11-3-12(15)4-11)30-19(32)9-34-13-1-2-17-18(5-13)37-23(26,27)36-17/h1-2,5,11-12,14-16,21-22,28-29H,3-4,6-10H2,(H,30,32)(H,31,33). The van der Waals surface area contributed by atoms with E-state index in [1.54, 1.807) is 0 Å². The quantitative estimate of drug-likeness (QED) is 0.348. The Morgan fingerprint density at radius 3 is 2.30 bits per heavy atom. The second-order valence-electron chi connectivity index (χ2n) is 9.70. The third-order valence-corrected chi connectivity index (χ3v) is 7.14. The van der Waals surface area contributed by atoms with E-state index in [0.29, 0.717) is 18.3 Å². The van der Waals surface area contributed by atoms with Crippen molar-refractivity contribution in [1.29, 1.82) is 0 Å². The molecule has 1 saturated heterocycles. The highest BCUT2D eigenvalue weighted by Crippen LogP contribution is 2.46. The summed E-state index contributed by atoms with van der Waals surface area (Å²) in [6, 6.07) is 2.70. The Morgan fingerprint density at radius 1 is 0.973 bits per heavy atom. The smallest absolute Gasteiger partial charge is 0.484 e. The summed E-state index contributed by atoms with van der Waals surface area (Å²) in [7, 11) is 0. The predicted octanol–water partition coefficient (Wildman–Crippen LogP) is 0.956. The summed E-state index contributed by atoms with van der Waals surface area (Å²) in [6.45, 7) is -0.309. The maximum Gasteiger partial charge on any atom is 0.586 e. The summed E-state index contributed by atoms with van der Waals surface area (Å²) in [6.07, 6.45) is -4.44. The van der Waals surface area contributed by atoms with Crippen molar-refractivity contribution in [2.45, 2.75) is 56.3 Å². The first-order valence-corrected chi connectivity index (χ1v) is 12.1. The topological polar surface area (TPSA) is 119 Å². The van der Waals surface area contributed by atoms with Crippen LogP contribution in [-0.2, 0) is 14.3 Å². The molecule has 4 unspecified atom stereocenters. The van der Waals surface area contributed by atoms with Crippen molar-refractivity contribution >= 4 is 11.8 Å². The van der Waals surface area contributed by atoms with E-state index in [1.807, 2.05) is 0 Å². The van der Waals surface area contributed by atoms with Gasteiger partial charge >= 0.3 is 6.29 Å². The van der Waals surface area contributed by atoms with Crippen molar-refractivity contribution in [3.63, 3.8) is 0 Å². The molecule has 4 N–H and O–H groups in total. The third-order valence-electron chi connectivity index (χ3n) is 7.14. The summed E-state index contributed by atoms with van der Waals surface area (Å²) in [5, 5.41) is 11.4. The van der Waals surface area contributed by atoms with Crippen LogP contribution in [0.3, 0.4) is 0 Å². The molecule has 14 heteroatoms. The maximum atomic E-state index is 13.1. The van der Waals surface area contributed by atoms with E-state index < -0.39 is 25.0 Å². The third kappa shape index (κ3) is 6.18. The molecule has 2 heterocycles. The molecule has 4 fully saturated rings. The van der Waals surface area contributed by atoms with Crippen LogP contribution in [0.5, 0.6) is 17.2 Å². The molecular weight excluding hydrogens is 504 g/mol. The second kappa shape index (κ2) is 10.5. The molecule has 0 spiro atoms. The minimum atomic E-state index is -3.73. The van der Waals surface area contributed by atoms with Crippen LogP contribution in [0.2, 0.25) is 0 Å². The lowest BCUT2D eigenvalue weighted by atomic mass is 9.60. The molecule has 3 saturated carbocycles. The number of alkyl halides is 4. The van der Waals surface area contributed by atoms with Crippen molar-refractivity contribution in [2.75, 3.05) is 26.3 Å². The minimum absolute atomic E-state index is 0.0474. The fourth-order valence-corrected chi connectivity index (χ4v) is 5.18. The van der Waals surface area contributed by atoms with E-state index in [2.05, 4.69) is 30.7 Å². The van der Waals surface area contributed by atoms with Crippen LogP contribution in [0.15, 0.2) is 18.2 Å². The molecule has 3 aliphatic carbocycles. The maximum absolute atomic E-state index is 13.1. The highest BCUT2D eigenvalue weighted by molar-refractivity contribution is 5.78. The van der Waals surface area contributed by atoms with Crippen LogP contribution in [0.25, 0.3) is 0 Å². The highest BCUT2D eigenvalue weighted by Gasteiger charge is 2.47. The lowest BCUT2D eigenvalue weighted by molar-refractivity contribution is -0.286.